The minimum Gasteiger partial charge on any atom is -0.495 e. The second-order valence-electron chi connectivity index (χ2n) is 4.32. The summed E-state index contributed by atoms with van der Waals surface area (Å²) in [4.78, 5) is 2.50. The average molecular weight is 189 g/mol. The van der Waals surface area contributed by atoms with Crippen LogP contribution in [0.25, 0.3) is 0 Å². The molecule has 0 amide bonds. The molecule has 74 valence electrons. The van der Waals surface area contributed by atoms with Gasteiger partial charge in [0, 0.05) is 12.6 Å². The number of ether oxygens (including phenoxy) is 1. The van der Waals surface area contributed by atoms with E-state index in [0.717, 1.165) is 17.7 Å². The predicted molar refractivity (Wildman–Crippen MR) is 56.9 cm³/mol. The summed E-state index contributed by atoms with van der Waals surface area (Å²) < 4.78 is 5.38. The van der Waals surface area contributed by atoms with Gasteiger partial charge in [-0.15, -0.1) is 0 Å². The van der Waals surface area contributed by atoms with Crippen molar-refractivity contribution in [2.24, 2.45) is 5.92 Å². The van der Waals surface area contributed by atoms with Gasteiger partial charge >= 0.3 is 0 Å². The van der Waals surface area contributed by atoms with E-state index in [0.29, 0.717) is 0 Å². The van der Waals surface area contributed by atoms with Gasteiger partial charge in [0.1, 0.15) is 5.75 Å². The molecule has 0 unspecified atom stereocenters. The van der Waals surface area contributed by atoms with E-state index in [4.69, 9.17) is 4.74 Å². The third-order valence-electron chi connectivity index (χ3n) is 3.50. The molecule has 2 nitrogen and oxygen atoms in total. The summed E-state index contributed by atoms with van der Waals surface area (Å²) in [5, 5.41) is 0. The number of para-hydroxylation sites is 2. The monoisotopic (exact) mass is 189 g/mol. The largest absolute Gasteiger partial charge is 0.495 e. The van der Waals surface area contributed by atoms with E-state index in [2.05, 4.69) is 17.0 Å². The number of methoxy groups -OCH3 is 1. The molecule has 0 atom stereocenters. The van der Waals surface area contributed by atoms with Crippen molar-refractivity contribution in [2.45, 2.75) is 18.9 Å². The molecule has 0 N–H and O–H groups in total. The maximum atomic E-state index is 5.38. The fraction of sp³-hybridized carbons (Fsp3) is 0.500. The lowest BCUT2D eigenvalue weighted by molar-refractivity contribution is 0.378. The third kappa shape index (κ3) is 1.03. The van der Waals surface area contributed by atoms with E-state index in [1.807, 2.05) is 12.1 Å². The highest BCUT2D eigenvalue weighted by Gasteiger charge is 2.43. The van der Waals surface area contributed by atoms with Gasteiger partial charge in [0.15, 0.2) is 0 Å². The Morgan fingerprint density at radius 2 is 2.07 bits per heavy atom. The standard InChI is InChI=1S/C12H15NO/c1-14-12-5-3-2-4-11(12)13-8-9-6-10(13)7-9/h2-5,9-10H,6-8H2,1H3. The molecule has 2 heterocycles. The van der Waals surface area contributed by atoms with Crippen molar-refractivity contribution < 1.29 is 4.74 Å². The lowest BCUT2D eigenvalue weighted by atomic mass is 9.86. The molecule has 1 aromatic rings. The van der Waals surface area contributed by atoms with Crippen molar-refractivity contribution in [1.82, 2.24) is 0 Å². The zero-order valence-electron chi connectivity index (χ0n) is 8.44. The summed E-state index contributed by atoms with van der Waals surface area (Å²) >= 11 is 0. The SMILES string of the molecule is COc1ccccc1N1CC2CC1C2. The van der Waals surface area contributed by atoms with Crippen molar-refractivity contribution in [3.8, 4) is 5.75 Å². The van der Waals surface area contributed by atoms with Gasteiger partial charge in [-0.2, -0.15) is 0 Å². The zero-order valence-corrected chi connectivity index (χ0v) is 8.44. The van der Waals surface area contributed by atoms with Crippen LogP contribution in [0.3, 0.4) is 0 Å². The summed E-state index contributed by atoms with van der Waals surface area (Å²) in [7, 11) is 1.75. The smallest absolute Gasteiger partial charge is 0.142 e. The first-order valence-electron chi connectivity index (χ1n) is 5.28. The normalized spacial score (nSPS) is 28.8. The van der Waals surface area contributed by atoms with E-state index in [-0.39, 0.29) is 0 Å². The van der Waals surface area contributed by atoms with Gasteiger partial charge in [0.2, 0.25) is 0 Å². The molecule has 4 rings (SSSR count). The molecule has 14 heavy (non-hydrogen) atoms. The summed E-state index contributed by atoms with van der Waals surface area (Å²) in [5.41, 5.74) is 1.28. The molecule has 1 saturated carbocycles. The predicted octanol–water partition coefficient (Wildman–Crippen LogP) is 2.29. The zero-order chi connectivity index (χ0) is 9.54. The molecular weight excluding hydrogens is 174 g/mol. The molecule has 3 fully saturated rings. The van der Waals surface area contributed by atoms with Gasteiger partial charge in [0.05, 0.1) is 12.8 Å². The van der Waals surface area contributed by atoms with Gasteiger partial charge in [-0.25, -0.2) is 0 Å². The van der Waals surface area contributed by atoms with Crippen LogP contribution < -0.4 is 9.64 Å². The Hall–Kier alpha value is -1.18. The number of rotatable bonds is 2. The fourth-order valence-electron chi connectivity index (χ4n) is 2.69. The van der Waals surface area contributed by atoms with Crippen molar-refractivity contribution >= 4 is 5.69 Å². The maximum Gasteiger partial charge on any atom is 0.142 e. The van der Waals surface area contributed by atoms with Crippen LogP contribution in [0.2, 0.25) is 0 Å². The lowest BCUT2D eigenvalue weighted by Crippen LogP contribution is -2.28. The van der Waals surface area contributed by atoms with Crippen LogP contribution in [0.1, 0.15) is 12.8 Å². The molecule has 1 aromatic carbocycles. The van der Waals surface area contributed by atoms with Crippen LogP contribution in [0.4, 0.5) is 5.69 Å². The minimum atomic E-state index is 0.788. The Balaban J connectivity index is 1.95. The first kappa shape index (κ1) is 8.16. The topological polar surface area (TPSA) is 12.5 Å². The Morgan fingerprint density at radius 1 is 1.29 bits per heavy atom. The lowest BCUT2D eigenvalue weighted by Gasteiger charge is -2.28. The van der Waals surface area contributed by atoms with Crippen LogP contribution in [-0.4, -0.2) is 19.7 Å². The summed E-state index contributed by atoms with van der Waals surface area (Å²) in [6, 6.07) is 9.12. The summed E-state index contributed by atoms with van der Waals surface area (Å²) in [5.74, 6) is 1.96. The molecule has 2 saturated heterocycles. The number of nitrogens with zero attached hydrogens (tertiary/aromatic N) is 1. The van der Waals surface area contributed by atoms with Crippen LogP contribution in [0, 0.1) is 5.92 Å². The van der Waals surface area contributed by atoms with E-state index < -0.39 is 0 Å². The minimum absolute atomic E-state index is 0.788. The Bertz CT molecular complexity index is 344. The van der Waals surface area contributed by atoms with Crippen molar-refractivity contribution in [3.05, 3.63) is 24.3 Å². The van der Waals surface area contributed by atoms with Crippen LogP contribution >= 0.6 is 0 Å². The number of hydrogen-bond donors (Lipinski definition) is 0. The van der Waals surface area contributed by atoms with E-state index >= 15 is 0 Å². The number of anilines is 1. The highest BCUT2D eigenvalue weighted by molar-refractivity contribution is 5.60. The van der Waals surface area contributed by atoms with Crippen LogP contribution in [-0.2, 0) is 0 Å². The van der Waals surface area contributed by atoms with E-state index in [9.17, 15) is 0 Å². The molecule has 3 aliphatic rings. The van der Waals surface area contributed by atoms with Gasteiger partial charge in [0.25, 0.3) is 0 Å². The van der Waals surface area contributed by atoms with Crippen molar-refractivity contribution in [3.63, 3.8) is 0 Å². The first-order chi connectivity index (χ1) is 6.88. The number of fused-ring (bicyclic) bond motifs is 1. The molecule has 2 aliphatic heterocycles. The average Bonchev–Trinajstić information content (AvgIpc) is 2.75. The van der Waals surface area contributed by atoms with Crippen LogP contribution in [0.5, 0.6) is 5.75 Å². The molecule has 1 aliphatic carbocycles. The molecule has 2 heteroatoms. The van der Waals surface area contributed by atoms with Crippen LogP contribution in [0.15, 0.2) is 24.3 Å². The third-order valence-corrected chi connectivity index (χ3v) is 3.50. The van der Waals surface area contributed by atoms with Crippen molar-refractivity contribution in [2.75, 3.05) is 18.6 Å². The highest BCUT2D eigenvalue weighted by atomic mass is 16.5. The Kier molecular flexibility index (Phi) is 1.69. The molecule has 0 spiro atoms. The molecule has 2 bridgehead atoms. The van der Waals surface area contributed by atoms with Gasteiger partial charge in [-0.05, 0) is 30.9 Å². The summed E-state index contributed by atoms with van der Waals surface area (Å²) in [6.45, 7) is 1.23. The maximum absolute atomic E-state index is 5.38. The molecule has 0 aromatic heterocycles. The second-order valence-corrected chi connectivity index (χ2v) is 4.32. The molecular formula is C12H15NO. The van der Waals surface area contributed by atoms with Gasteiger partial charge < -0.3 is 9.64 Å². The second kappa shape index (κ2) is 2.91. The van der Waals surface area contributed by atoms with E-state index in [1.54, 1.807) is 7.11 Å². The number of hydrogen-bond acceptors (Lipinski definition) is 2. The Labute approximate surface area is 84.5 Å². The van der Waals surface area contributed by atoms with Gasteiger partial charge in [-0.3, -0.25) is 0 Å². The van der Waals surface area contributed by atoms with Crippen molar-refractivity contribution in [1.29, 1.82) is 0 Å². The highest BCUT2D eigenvalue weighted by Crippen LogP contribution is 2.45. The van der Waals surface area contributed by atoms with Gasteiger partial charge in [-0.1, -0.05) is 12.1 Å². The quantitative estimate of drug-likeness (QED) is 0.707. The summed E-state index contributed by atoms with van der Waals surface area (Å²) in [6.07, 6.45) is 2.77. The molecule has 0 radical (unpaired) electrons. The Morgan fingerprint density at radius 3 is 2.71 bits per heavy atom. The first-order valence-corrected chi connectivity index (χ1v) is 5.28. The number of benzene rings is 1. The fourth-order valence-corrected chi connectivity index (χ4v) is 2.69. The van der Waals surface area contributed by atoms with E-state index in [1.165, 1.54) is 25.1 Å².